The van der Waals surface area contributed by atoms with Gasteiger partial charge in [-0.3, -0.25) is 0 Å². The summed E-state index contributed by atoms with van der Waals surface area (Å²) in [6.45, 7) is 0. The van der Waals surface area contributed by atoms with Crippen LogP contribution in [0, 0.1) is 5.82 Å². The third-order valence-corrected chi connectivity index (χ3v) is 1.55. The minimum absolute atomic E-state index is 1.29. The molecule has 0 fully saturated rings. The Bertz CT molecular complexity index is 384. The number of carbonyl (C=O) groups is 1. The standard InChI is InChI=1S/C7H5FO6/c8-2-1(7(13)14)3(9)5(11)6(12)4(2)10/h9-12H,(H,13,14). The Balaban J connectivity index is 3.68. The lowest BCUT2D eigenvalue weighted by Gasteiger charge is -2.07. The van der Waals surface area contributed by atoms with E-state index in [1.54, 1.807) is 0 Å². The molecule has 0 unspecified atom stereocenters. The lowest BCUT2D eigenvalue weighted by Crippen LogP contribution is -2.01. The van der Waals surface area contributed by atoms with Gasteiger partial charge in [0.2, 0.25) is 11.5 Å². The van der Waals surface area contributed by atoms with Gasteiger partial charge in [-0.15, -0.1) is 0 Å². The quantitative estimate of drug-likeness (QED) is 0.332. The minimum atomic E-state index is -1.88. The number of halogens is 1. The smallest absolute Gasteiger partial charge is 0.342 e. The Kier molecular flexibility index (Phi) is 2.08. The van der Waals surface area contributed by atoms with Gasteiger partial charge in [-0.05, 0) is 0 Å². The molecule has 0 aliphatic heterocycles. The summed E-state index contributed by atoms with van der Waals surface area (Å²) in [6, 6.07) is 0. The molecule has 76 valence electrons. The molecule has 0 heterocycles. The number of carboxylic acid groups (broad SMARTS) is 1. The molecule has 6 nitrogen and oxygen atoms in total. The summed E-state index contributed by atoms with van der Waals surface area (Å²) in [5.74, 6) is -8.98. The zero-order valence-electron chi connectivity index (χ0n) is 6.52. The van der Waals surface area contributed by atoms with Crippen molar-refractivity contribution < 1.29 is 34.7 Å². The molecule has 0 saturated heterocycles. The molecule has 0 aliphatic carbocycles. The second-order valence-electron chi connectivity index (χ2n) is 2.39. The molecular weight excluding hydrogens is 199 g/mol. The highest BCUT2D eigenvalue weighted by atomic mass is 19.1. The van der Waals surface area contributed by atoms with Gasteiger partial charge in [0.05, 0.1) is 0 Å². The summed E-state index contributed by atoms with van der Waals surface area (Å²) in [6.07, 6.45) is 0. The van der Waals surface area contributed by atoms with Gasteiger partial charge in [-0.25, -0.2) is 9.18 Å². The average molecular weight is 204 g/mol. The summed E-state index contributed by atoms with van der Waals surface area (Å²) in [7, 11) is 0. The normalized spacial score (nSPS) is 10.1. The van der Waals surface area contributed by atoms with Crippen LogP contribution in [0.3, 0.4) is 0 Å². The molecule has 14 heavy (non-hydrogen) atoms. The fourth-order valence-electron chi connectivity index (χ4n) is 0.864. The molecule has 0 amide bonds. The Morgan fingerprint density at radius 3 is 1.79 bits per heavy atom. The van der Waals surface area contributed by atoms with Crippen LogP contribution in [0.2, 0.25) is 0 Å². The fourth-order valence-corrected chi connectivity index (χ4v) is 0.864. The molecule has 0 spiro atoms. The van der Waals surface area contributed by atoms with Crippen LogP contribution in [0.4, 0.5) is 4.39 Å². The number of aromatic hydroxyl groups is 4. The van der Waals surface area contributed by atoms with Crippen molar-refractivity contribution in [3.63, 3.8) is 0 Å². The first-order chi connectivity index (χ1) is 6.37. The molecule has 7 heteroatoms. The van der Waals surface area contributed by atoms with E-state index < -0.39 is 40.3 Å². The number of hydrogen-bond donors (Lipinski definition) is 5. The maximum atomic E-state index is 12.9. The zero-order chi connectivity index (χ0) is 11.0. The number of phenolic OH excluding ortho intramolecular Hbond substituents is 3. The van der Waals surface area contributed by atoms with Crippen LogP contribution in [0.5, 0.6) is 23.0 Å². The Hall–Kier alpha value is -2.18. The summed E-state index contributed by atoms with van der Waals surface area (Å²) in [5.41, 5.74) is -1.31. The van der Waals surface area contributed by atoms with Crippen LogP contribution in [0.15, 0.2) is 0 Å². The SMILES string of the molecule is O=C(O)c1c(O)c(O)c(O)c(O)c1F. The first kappa shape index (κ1) is 9.90. The summed E-state index contributed by atoms with van der Waals surface area (Å²) in [5, 5.41) is 43.7. The van der Waals surface area contributed by atoms with Crippen molar-refractivity contribution in [2.24, 2.45) is 0 Å². The van der Waals surface area contributed by atoms with E-state index in [1.807, 2.05) is 0 Å². The maximum absolute atomic E-state index is 12.9. The van der Waals surface area contributed by atoms with E-state index in [2.05, 4.69) is 0 Å². The van der Waals surface area contributed by atoms with E-state index in [1.165, 1.54) is 0 Å². The van der Waals surface area contributed by atoms with Gasteiger partial charge in [0.15, 0.2) is 17.3 Å². The molecule has 0 bridgehead atoms. The Labute approximate surface area is 76.1 Å². The van der Waals surface area contributed by atoms with Crippen molar-refractivity contribution >= 4 is 5.97 Å². The number of carboxylic acids is 1. The predicted molar refractivity (Wildman–Crippen MR) is 40.0 cm³/mol. The first-order valence-electron chi connectivity index (χ1n) is 3.26. The van der Waals surface area contributed by atoms with E-state index in [0.29, 0.717) is 0 Å². The molecule has 5 N–H and O–H groups in total. The number of hydrogen-bond acceptors (Lipinski definition) is 5. The van der Waals surface area contributed by atoms with Crippen molar-refractivity contribution in [1.29, 1.82) is 0 Å². The van der Waals surface area contributed by atoms with E-state index >= 15 is 0 Å². The molecule has 1 aromatic rings. The molecule has 1 aromatic carbocycles. The van der Waals surface area contributed by atoms with Gasteiger partial charge < -0.3 is 25.5 Å². The minimum Gasteiger partial charge on any atom is -0.503 e. The third-order valence-electron chi connectivity index (χ3n) is 1.55. The van der Waals surface area contributed by atoms with Gasteiger partial charge >= 0.3 is 5.97 Å². The van der Waals surface area contributed by atoms with Crippen molar-refractivity contribution in [2.45, 2.75) is 0 Å². The maximum Gasteiger partial charge on any atom is 0.342 e. The molecule has 0 aromatic heterocycles. The monoisotopic (exact) mass is 204 g/mol. The second-order valence-corrected chi connectivity index (χ2v) is 2.39. The third kappa shape index (κ3) is 1.15. The van der Waals surface area contributed by atoms with E-state index in [0.717, 1.165) is 0 Å². The van der Waals surface area contributed by atoms with Crippen LogP contribution in [-0.2, 0) is 0 Å². The van der Waals surface area contributed by atoms with Gasteiger partial charge in [0, 0.05) is 0 Å². The highest BCUT2D eigenvalue weighted by Gasteiger charge is 2.27. The van der Waals surface area contributed by atoms with Gasteiger partial charge in [0.25, 0.3) is 0 Å². The van der Waals surface area contributed by atoms with Crippen molar-refractivity contribution in [2.75, 3.05) is 0 Å². The van der Waals surface area contributed by atoms with E-state index in [4.69, 9.17) is 25.5 Å². The number of phenols is 4. The highest BCUT2D eigenvalue weighted by molar-refractivity contribution is 5.93. The van der Waals surface area contributed by atoms with Gasteiger partial charge in [0.1, 0.15) is 5.56 Å². The summed E-state index contributed by atoms with van der Waals surface area (Å²) in [4.78, 5) is 10.4. The molecule has 0 saturated carbocycles. The summed E-state index contributed by atoms with van der Waals surface area (Å²) < 4.78 is 12.9. The highest BCUT2D eigenvalue weighted by Crippen LogP contribution is 2.45. The average Bonchev–Trinajstić information content (AvgIpc) is 2.11. The lowest BCUT2D eigenvalue weighted by molar-refractivity contribution is 0.0686. The molecule has 0 atom stereocenters. The van der Waals surface area contributed by atoms with E-state index in [9.17, 15) is 9.18 Å². The molecule has 1 rings (SSSR count). The van der Waals surface area contributed by atoms with Crippen molar-refractivity contribution in [3.8, 4) is 23.0 Å². The first-order valence-corrected chi connectivity index (χ1v) is 3.26. The van der Waals surface area contributed by atoms with Crippen molar-refractivity contribution in [1.82, 2.24) is 0 Å². The number of benzene rings is 1. The zero-order valence-corrected chi connectivity index (χ0v) is 6.52. The van der Waals surface area contributed by atoms with Crippen LogP contribution in [-0.4, -0.2) is 31.5 Å². The van der Waals surface area contributed by atoms with Crippen LogP contribution < -0.4 is 0 Å². The van der Waals surface area contributed by atoms with Crippen LogP contribution in [0.25, 0.3) is 0 Å². The lowest BCUT2D eigenvalue weighted by atomic mass is 10.1. The molecule has 0 aliphatic rings. The number of aromatic carboxylic acids is 1. The fraction of sp³-hybridized carbons (Fsp3) is 0. The van der Waals surface area contributed by atoms with Gasteiger partial charge in [-0.1, -0.05) is 0 Å². The van der Waals surface area contributed by atoms with Crippen LogP contribution >= 0.6 is 0 Å². The predicted octanol–water partition coefficient (Wildman–Crippen LogP) is 0.346. The largest absolute Gasteiger partial charge is 0.503 e. The van der Waals surface area contributed by atoms with Crippen molar-refractivity contribution in [3.05, 3.63) is 11.4 Å². The Morgan fingerprint density at radius 1 is 0.929 bits per heavy atom. The Morgan fingerprint density at radius 2 is 1.36 bits per heavy atom. The topological polar surface area (TPSA) is 118 Å². The molecule has 0 radical (unpaired) electrons. The van der Waals surface area contributed by atoms with Crippen LogP contribution in [0.1, 0.15) is 10.4 Å². The van der Waals surface area contributed by atoms with E-state index in [-0.39, 0.29) is 0 Å². The van der Waals surface area contributed by atoms with Gasteiger partial charge in [-0.2, -0.15) is 0 Å². The molecular formula is C7H5FO6. The summed E-state index contributed by atoms with van der Waals surface area (Å²) >= 11 is 0. The number of rotatable bonds is 1. The second kappa shape index (κ2) is 2.95.